The van der Waals surface area contributed by atoms with Crippen LogP contribution in [0.1, 0.15) is 41.2 Å². The number of carbonyl (C=O) groups is 1. The minimum atomic E-state index is -0.268. The van der Waals surface area contributed by atoms with Crippen molar-refractivity contribution in [3.8, 4) is 0 Å². The molecule has 0 aliphatic carbocycles. The van der Waals surface area contributed by atoms with Crippen LogP contribution in [-0.2, 0) is 6.54 Å². The Hall–Kier alpha value is -3.35. The van der Waals surface area contributed by atoms with Crippen molar-refractivity contribution in [3.63, 3.8) is 0 Å². The number of anilines is 3. The highest BCUT2D eigenvalue weighted by molar-refractivity contribution is 5.92. The Morgan fingerprint density at radius 3 is 2.62 bits per heavy atom. The zero-order valence-corrected chi connectivity index (χ0v) is 16.5. The van der Waals surface area contributed by atoms with Crippen molar-refractivity contribution >= 4 is 23.2 Å². The van der Waals surface area contributed by atoms with E-state index in [0.717, 1.165) is 24.5 Å². The standard InChI is InChI=1S/C22H25N5O2/c1-16-14-20(21(28)23-15-19-6-5-13-29-19)26-22(24-16)25-17-7-9-18(10-8-17)27-11-3-2-4-12-27/h5-10,13-14H,2-4,11-12,15H2,1H3,(H,23,28)(H,24,25,26). The van der Waals surface area contributed by atoms with Crippen LogP contribution in [0, 0.1) is 6.92 Å². The molecule has 1 saturated heterocycles. The number of aromatic nitrogens is 2. The lowest BCUT2D eigenvalue weighted by Gasteiger charge is -2.28. The number of furan rings is 1. The van der Waals surface area contributed by atoms with Crippen LogP contribution < -0.4 is 15.5 Å². The van der Waals surface area contributed by atoms with Gasteiger partial charge in [-0.05, 0) is 68.7 Å². The van der Waals surface area contributed by atoms with Gasteiger partial charge in [-0.25, -0.2) is 9.97 Å². The fourth-order valence-electron chi connectivity index (χ4n) is 3.45. The van der Waals surface area contributed by atoms with E-state index in [-0.39, 0.29) is 5.91 Å². The molecule has 0 atom stereocenters. The van der Waals surface area contributed by atoms with Gasteiger partial charge >= 0.3 is 0 Å². The van der Waals surface area contributed by atoms with E-state index >= 15 is 0 Å². The van der Waals surface area contributed by atoms with Gasteiger partial charge in [-0.1, -0.05) is 0 Å². The van der Waals surface area contributed by atoms with E-state index in [0.29, 0.717) is 23.9 Å². The molecule has 0 unspecified atom stereocenters. The van der Waals surface area contributed by atoms with E-state index in [1.807, 2.05) is 25.1 Å². The third-order valence-electron chi connectivity index (χ3n) is 4.93. The molecule has 3 heterocycles. The maximum absolute atomic E-state index is 12.4. The Morgan fingerprint density at radius 2 is 1.90 bits per heavy atom. The molecule has 3 aromatic rings. The smallest absolute Gasteiger partial charge is 0.270 e. The summed E-state index contributed by atoms with van der Waals surface area (Å²) in [5.41, 5.74) is 3.16. The highest BCUT2D eigenvalue weighted by Crippen LogP contribution is 2.23. The maximum Gasteiger partial charge on any atom is 0.270 e. The van der Waals surface area contributed by atoms with Crippen molar-refractivity contribution in [2.24, 2.45) is 0 Å². The number of amides is 1. The highest BCUT2D eigenvalue weighted by Gasteiger charge is 2.13. The lowest BCUT2D eigenvalue weighted by atomic mass is 10.1. The van der Waals surface area contributed by atoms with Gasteiger partial charge in [-0.3, -0.25) is 4.79 Å². The zero-order valence-electron chi connectivity index (χ0n) is 16.5. The van der Waals surface area contributed by atoms with Gasteiger partial charge in [0.2, 0.25) is 5.95 Å². The van der Waals surface area contributed by atoms with Gasteiger partial charge in [-0.15, -0.1) is 0 Å². The van der Waals surface area contributed by atoms with E-state index in [2.05, 4.69) is 37.6 Å². The molecule has 150 valence electrons. The molecule has 4 rings (SSSR count). The first-order valence-electron chi connectivity index (χ1n) is 9.96. The largest absolute Gasteiger partial charge is 0.467 e. The van der Waals surface area contributed by atoms with Crippen molar-refractivity contribution in [3.05, 3.63) is 65.9 Å². The molecule has 1 aromatic carbocycles. The summed E-state index contributed by atoms with van der Waals surface area (Å²) in [7, 11) is 0. The number of hydrogen-bond acceptors (Lipinski definition) is 6. The number of hydrogen-bond donors (Lipinski definition) is 2. The third-order valence-corrected chi connectivity index (χ3v) is 4.93. The summed E-state index contributed by atoms with van der Waals surface area (Å²) in [4.78, 5) is 23.6. The van der Waals surface area contributed by atoms with Gasteiger partial charge in [0, 0.05) is 30.2 Å². The van der Waals surface area contributed by atoms with Crippen LogP contribution in [-0.4, -0.2) is 29.0 Å². The molecule has 2 N–H and O–H groups in total. The van der Waals surface area contributed by atoms with Crippen molar-refractivity contribution in [2.45, 2.75) is 32.7 Å². The van der Waals surface area contributed by atoms with Crippen LogP contribution in [0.15, 0.2) is 53.1 Å². The van der Waals surface area contributed by atoms with Crippen LogP contribution in [0.25, 0.3) is 0 Å². The highest BCUT2D eigenvalue weighted by atomic mass is 16.3. The molecular weight excluding hydrogens is 366 g/mol. The predicted molar refractivity (Wildman–Crippen MR) is 112 cm³/mol. The predicted octanol–water partition coefficient (Wildman–Crippen LogP) is 4.04. The summed E-state index contributed by atoms with van der Waals surface area (Å²) in [6.45, 7) is 4.39. The Morgan fingerprint density at radius 1 is 1.10 bits per heavy atom. The van der Waals surface area contributed by atoms with Crippen molar-refractivity contribution in [2.75, 3.05) is 23.3 Å². The molecule has 0 bridgehead atoms. The van der Waals surface area contributed by atoms with E-state index in [1.54, 1.807) is 18.4 Å². The first-order chi connectivity index (χ1) is 14.2. The van der Waals surface area contributed by atoms with Gasteiger partial charge < -0.3 is 20.0 Å². The Bertz CT molecular complexity index is 948. The molecule has 1 aliphatic rings. The Kier molecular flexibility index (Phi) is 5.74. The number of nitrogens with zero attached hydrogens (tertiary/aromatic N) is 3. The molecule has 29 heavy (non-hydrogen) atoms. The van der Waals surface area contributed by atoms with Crippen LogP contribution in [0.3, 0.4) is 0 Å². The molecule has 0 spiro atoms. The quantitative estimate of drug-likeness (QED) is 0.660. The average molecular weight is 391 g/mol. The zero-order chi connectivity index (χ0) is 20.1. The van der Waals surface area contributed by atoms with Crippen LogP contribution in [0.5, 0.6) is 0 Å². The fraction of sp³-hybridized carbons (Fsp3) is 0.318. The van der Waals surface area contributed by atoms with Crippen molar-refractivity contribution in [1.29, 1.82) is 0 Å². The Labute approximate surface area is 170 Å². The molecular formula is C22H25N5O2. The average Bonchev–Trinajstić information content (AvgIpc) is 3.26. The minimum Gasteiger partial charge on any atom is -0.467 e. The summed E-state index contributed by atoms with van der Waals surface area (Å²) >= 11 is 0. The third kappa shape index (κ3) is 4.93. The van der Waals surface area contributed by atoms with Crippen LogP contribution in [0.2, 0.25) is 0 Å². The van der Waals surface area contributed by atoms with Gasteiger partial charge in [0.15, 0.2) is 0 Å². The molecule has 1 amide bonds. The number of benzene rings is 1. The van der Waals surface area contributed by atoms with E-state index in [1.165, 1.54) is 24.9 Å². The summed E-state index contributed by atoms with van der Waals surface area (Å²) in [6.07, 6.45) is 5.40. The molecule has 2 aromatic heterocycles. The second kappa shape index (κ2) is 8.77. The minimum absolute atomic E-state index is 0.268. The first kappa shape index (κ1) is 19.0. The monoisotopic (exact) mass is 391 g/mol. The number of piperidine rings is 1. The van der Waals surface area contributed by atoms with Gasteiger partial charge in [0.1, 0.15) is 11.5 Å². The molecule has 1 fully saturated rings. The number of aryl methyl sites for hydroxylation is 1. The summed E-state index contributed by atoms with van der Waals surface area (Å²) in [5, 5.41) is 6.01. The number of rotatable bonds is 6. The van der Waals surface area contributed by atoms with E-state index < -0.39 is 0 Å². The molecule has 0 radical (unpaired) electrons. The Balaban J connectivity index is 1.42. The van der Waals surface area contributed by atoms with Crippen LogP contribution in [0.4, 0.5) is 17.3 Å². The summed E-state index contributed by atoms with van der Waals surface area (Å²) in [6, 6.07) is 13.5. The second-order valence-corrected chi connectivity index (χ2v) is 7.20. The number of nitrogens with one attached hydrogen (secondary N) is 2. The van der Waals surface area contributed by atoms with E-state index in [9.17, 15) is 4.79 Å². The first-order valence-corrected chi connectivity index (χ1v) is 9.96. The molecule has 0 saturated carbocycles. The van der Waals surface area contributed by atoms with E-state index in [4.69, 9.17) is 4.42 Å². The summed E-state index contributed by atoms with van der Waals surface area (Å²) < 4.78 is 5.24. The summed E-state index contributed by atoms with van der Waals surface area (Å²) in [5.74, 6) is 0.825. The van der Waals surface area contributed by atoms with Gasteiger partial charge in [0.25, 0.3) is 5.91 Å². The molecule has 1 aliphatic heterocycles. The van der Waals surface area contributed by atoms with Crippen molar-refractivity contribution in [1.82, 2.24) is 15.3 Å². The fourth-order valence-corrected chi connectivity index (χ4v) is 3.45. The molecule has 7 heteroatoms. The topological polar surface area (TPSA) is 83.3 Å². The maximum atomic E-state index is 12.4. The van der Waals surface area contributed by atoms with Gasteiger partial charge in [0.05, 0.1) is 12.8 Å². The lowest BCUT2D eigenvalue weighted by molar-refractivity contribution is 0.0943. The normalized spacial score (nSPS) is 13.9. The number of carbonyl (C=O) groups excluding carboxylic acids is 1. The van der Waals surface area contributed by atoms with Crippen LogP contribution >= 0.6 is 0 Å². The lowest BCUT2D eigenvalue weighted by Crippen LogP contribution is -2.29. The van der Waals surface area contributed by atoms with Crippen molar-refractivity contribution < 1.29 is 9.21 Å². The molecule has 7 nitrogen and oxygen atoms in total. The SMILES string of the molecule is Cc1cc(C(=O)NCc2ccco2)nc(Nc2ccc(N3CCCCC3)cc2)n1. The van der Waals surface area contributed by atoms with Gasteiger partial charge in [-0.2, -0.15) is 0 Å². The second-order valence-electron chi connectivity index (χ2n) is 7.20.